The first-order valence-electron chi connectivity index (χ1n) is 6.08. The van der Waals surface area contributed by atoms with E-state index >= 15 is 0 Å². The second-order valence-electron chi connectivity index (χ2n) is 4.59. The van der Waals surface area contributed by atoms with Crippen LogP contribution in [0.4, 0.5) is 4.79 Å². The molecule has 0 saturated carbocycles. The molecule has 5 nitrogen and oxygen atoms in total. The zero-order valence-corrected chi connectivity index (χ0v) is 10.5. The summed E-state index contributed by atoms with van der Waals surface area (Å²) in [7, 11) is 0. The molecule has 0 aromatic rings. The van der Waals surface area contributed by atoms with Gasteiger partial charge in [-0.3, -0.25) is 10.1 Å². The molecule has 0 aliphatic carbocycles. The minimum atomic E-state index is -0.453. The van der Waals surface area contributed by atoms with Crippen LogP contribution in [0.2, 0.25) is 0 Å². The largest absolute Gasteiger partial charge is 0.325 e. The maximum absolute atomic E-state index is 11.7. The van der Waals surface area contributed by atoms with Crippen molar-refractivity contribution in [2.45, 2.75) is 26.7 Å². The van der Waals surface area contributed by atoms with Crippen molar-refractivity contribution < 1.29 is 9.59 Å². The van der Waals surface area contributed by atoms with Gasteiger partial charge >= 0.3 is 6.03 Å². The molecule has 1 heterocycles. The summed E-state index contributed by atoms with van der Waals surface area (Å²) in [6.07, 6.45) is 5.01. The Balaban J connectivity index is 2.27. The van der Waals surface area contributed by atoms with Crippen LogP contribution in [0.5, 0.6) is 0 Å². The van der Waals surface area contributed by atoms with Gasteiger partial charge in [0.05, 0.1) is 0 Å². The molecule has 17 heavy (non-hydrogen) atoms. The van der Waals surface area contributed by atoms with Gasteiger partial charge in [-0.05, 0) is 31.8 Å². The summed E-state index contributed by atoms with van der Waals surface area (Å²) >= 11 is 0. The summed E-state index contributed by atoms with van der Waals surface area (Å²) in [4.78, 5) is 23.0. The molecule has 0 radical (unpaired) electrons. The van der Waals surface area contributed by atoms with Gasteiger partial charge < -0.3 is 10.6 Å². The van der Waals surface area contributed by atoms with Crippen molar-refractivity contribution in [2.75, 3.05) is 13.1 Å². The molecule has 1 aliphatic rings. The normalized spacial score (nSPS) is 17.4. The number of urea groups is 1. The molecule has 3 amide bonds. The second-order valence-corrected chi connectivity index (χ2v) is 4.59. The van der Waals surface area contributed by atoms with Crippen LogP contribution < -0.4 is 16.0 Å². The van der Waals surface area contributed by atoms with E-state index in [9.17, 15) is 9.59 Å². The quantitative estimate of drug-likeness (QED) is 0.687. The lowest BCUT2D eigenvalue weighted by Crippen LogP contribution is -2.43. The number of allylic oxidation sites excluding steroid dienone is 1. The number of nitrogens with one attached hydrogen (secondary N) is 3. The van der Waals surface area contributed by atoms with Gasteiger partial charge in [-0.1, -0.05) is 19.9 Å². The average molecular weight is 239 g/mol. The van der Waals surface area contributed by atoms with Gasteiger partial charge in [0.1, 0.15) is 0 Å². The van der Waals surface area contributed by atoms with Crippen LogP contribution in [-0.4, -0.2) is 25.0 Å². The number of imide groups is 1. The van der Waals surface area contributed by atoms with Crippen LogP contribution in [-0.2, 0) is 4.79 Å². The zero-order valence-electron chi connectivity index (χ0n) is 10.5. The number of carbonyl (C=O) groups excluding carboxylic acids is 2. The van der Waals surface area contributed by atoms with E-state index in [4.69, 9.17) is 0 Å². The predicted octanol–water partition coefficient (Wildman–Crippen LogP) is 0.982. The molecule has 5 heteroatoms. The number of rotatable bonds is 3. The maximum Gasteiger partial charge on any atom is 0.325 e. The van der Waals surface area contributed by atoms with Crippen LogP contribution in [0.1, 0.15) is 26.7 Å². The highest BCUT2D eigenvalue weighted by Gasteiger charge is 2.21. The molecule has 0 spiro atoms. The van der Waals surface area contributed by atoms with Crippen LogP contribution in [0.15, 0.2) is 12.3 Å². The minimum Gasteiger partial charge on any atom is -0.317 e. The second kappa shape index (κ2) is 7.06. The van der Waals surface area contributed by atoms with Crippen molar-refractivity contribution in [3.63, 3.8) is 0 Å². The van der Waals surface area contributed by atoms with Gasteiger partial charge in [-0.15, -0.1) is 0 Å². The third-order valence-corrected chi connectivity index (χ3v) is 2.64. The number of hydrogen-bond donors (Lipinski definition) is 3. The predicted molar refractivity (Wildman–Crippen MR) is 66.2 cm³/mol. The molecule has 3 N–H and O–H groups in total. The van der Waals surface area contributed by atoms with E-state index in [1.165, 1.54) is 0 Å². The summed E-state index contributed by atoms with van der Waals surface area (Å²) in [6.45, 7) is 5.70. The molecule has 0 unspecified atom stereocenters. The minimum absolute atomic E-state index is 0.0453. The van der Waals surface area contributed by atoms with Crippen LogP contribution >= 0.6 is 0 Å². The van der Waals surface area contributed by atoms with Crippen molar-refractivity contribution in [3.05, 3.63) is 12.3 Å². The van der Waals surface area contributed by atoms with Gasteiger partial charge in [0.15, 0.2) is 0 Å². The molecule has 1 fully saturated rings. The monoisotopic (exact) mass is 239 g/mol. The van der Waals surface area contributed by atoms with E-state index in [1.807, 2.05) is 19.9 Å². The lowest BCUT2D eigenvalue weighted by Gasteiger charge is -2.21. The highest BCUT2D eigenvalue weighted by Crippen LogP contribution is 2.10. The van der Waals surface area contributed by atoms with Crippen molar-refractivity contribution in [3.8, 4) is 0 Å². The van der Waals surface area contributed by atoms with E-state index in [-0.39, 0.29) is 11.8 Å². The Morgan fingerprint density at radius 2 is 1.94 bits per heavy atom. The molecule has 1 saturated heterocycles. The van der Waals surface area contributed by atoms with E-state index in [2.05, 4.69) is 16.0 Å². The molecule has 1 aliphatic heterocycles. The third kappa shape index (κ3) is 5.49. The summed E-state index contributed by atoms with van der Waals surface area (Å²) in [5.41, 5.74) is 0. The summed E-state index contributed by atoms with van der Waals surface area (Å²) in [5, 5.41) is 8.05. The Hall–Kier alpha value is -1.36. The Morgan fingerprint density at radius 1 is 1.29 bits per heavy atom. The van der Waals surface area contributed by atoms with Gasteiger partial charge in [0, 0.05) is 12.1 Å². The summed E-state index contributed by atoms with van der Waals surface area (Å²) in [6, 6.07) is -0.453. The number of piperidine rings is 1. The Kier molecular flexibility index (Phi) is 5.69. The molecular formula is C12H21N3O2. The topological polar surface area (TPSA) is 70.2 Å². The highest BCUT2D eigenvalue weighted by atomic mass is 16.2. The Morgan fingerprint density at radius 3 is 2.53 bits per heavy atom. The number of amides is 3. The Labute approximate surface area is 102 Å². The number of hydrogen-bond acceptors (Lipinski definition) is 3. The fourth-order valence-corrected chi connectivity index (χ4v) is 1.65. The lowest BCUT2D eigenvalue weighted by atomic mass is 9.97. The van der Waals surface area contributed by atoms with Crippen molar-refractivity contribution in [1.82, 2.24) is 16.0 Å². The zero-order chi connectivity index (χ0) is 12.7. The van der Waals surface area contributed by atoms with Crippen molar-refractivity contribution in [2.24, 2.45) is 11.8 Å². The molecule has 0 aromatic heterocycles. The Bertz CT molecular complexity index is 294. The fourth-order valence-electron chi connectivity index (χ4n) is 1.65. The molecule has 0 aromatic carbocycles. The van der Waals surface area contributed by atoms with Crippen LogP contribution in [0, 0.1) is 11.8 Å². The fraction of sp³-hybridized carbons (Fsp3) is 0.667. The molecule has 1 rings (SSSR count). The van der Waals surface area contributed by atoms with Gasteiger partial charge in [-0.25, -0.2) is 4.79 Å². The molecular weight excluding hydrogens is 218 g/mol. The average Bonchev–Trinajstić information content (AvgIpc) is 2.29. The number of carbonyl (C=O) groups is 2. The SMILES string of the molecule is CC(C)/C=C/NC(=O)NC(=O)C1CCNCC1. The van der Waals surface area contributed by atoms with Gasteiger partial charge in [0.25, 0.3) is 0 Å². The first-order chi connectivity index (χ1) is 8.09. The van der Waals surface area contributed by atoms with E-state index < -0.39 is 6.03 Å². The van der Waals surface area contributed by atoms with E-state index in [0.717, 1.165) is 25.9 Å². The standard InChI is InChI=1S/C12H21N3O2/c1-9(2)3-8-14-12(17)15-11(16)10-4-6-13-7-5-10/h3,8-10,13H,4-7H2,1-2H3,(H2,14,15,16,17)/b8-3+. The highest BCUT2D eigenvalue weighted by molar-refractivity contribution is 5.95. The van der Waals surface area contributed by atoms with Gasteiger partial charge in [0.2, 0.25) is 5.91 Å². The first kappa shape index (κ1) is 13.7. The third-order valence-electron chi connectivity index (χ3n) is 2.64. The maximum atomic E-state index is 11.7. The smallest absolute Gasteiger partial charge is 0.317 e. The van der Waals surface area contributed by atoms with E-state index in [1.54, 1.807) is 6.20 Å². The van der Waals surface area contributed by atoms with Crippen molar-refractivity contribution >= 4 is 11.9 Å². The van der Waals surface area contributed by atoms with Gasteiger partial charge in [-0.2, -0.15) is 0 Å². The first-order valence-corrected chi connectivity index (χ1v) is 6.08. The van der Waals surface area contributed by atoms with E-state index in [0.29, 0.717) is 5.92 Å². The summed E-state index contributed by atoms with van der Waals surface area (Å²) < 4.78 is 0. The lowest BCUT2D eigenvalue weighted by molar-refractivity contribution is -0.124. The van der Waals surface area contributed by atoms with Crippen LogP contribution in [0.25, 0.3) is 0 Å². The molecule has 96 valence electrons. The molecule has 0 bridgehead atoms. The van der Waals surface area contributed by atoms with Crippen molar-refractivity contribution in [1.29, 1.82) is 0 Å². The summed E-state index contributed by atoms with van der Waals surface area (Å²) in [5.74, 6) is 0.147. The molecule has 0 atom stereocenters. The van der Waals surface area contributed by atoms with Crippen LogP contribution in [0.3, 0.4) is 0 Å².